The van der Waals surface area contributed by atoms with Gasteiger partial charge in [-0.2, -0.15) is 0 Å². The van der Waals surface area contributed by atoms with Gasteiger partial charge in [0.2, 0.25) is 0 Å². The average molecular weight is 229 g/mol. The molecule has 4 heteroatoms. The Morgan fingerprint density at radius 2 is 2.53 bits per heavy atom. The maximum atomic E-state index is 10.7. The maximum Gasteiger partial charge on any atom is 0.150 e. The summed E-state index contributed by atoms with van der Waals surface area (Å²) in [4.78, 5) is 15.2. The SMILES string of the molecule is O=Cc1ccn2c(CC3CCNC3)ncc2c1. The van der Waals surface area contributed by atoms with Gasteiger partial charge in [0, 0.05) is 18.2 Å². The standard InChI is InChI=1S/C13H15N3O/c17-9-11-2-4-16-12(5-11)8-15-13(16)6-10-1-3-14-7-10/h2,4-5,8-10,14H,1,3,6-7H2. The van der Waals surface area contributed by atoms with Crippen LogP contribution in [0.2, 0.25) is 0 Å². The molecule has 0 aromatic carbocycles. The van der Waals surface area contributed by atoms with Gasteiger partial charge in [-0.05, 0) is 37.6 Å². The predicted molar refractivity (Wildman–Crippen MR) is 65.3 cm³/mol. The Balaban J connectivity index is 1.91. The third-order valence-electron chi connectivity index (χ3n) is 3.40. The van der Waals surface area contributed by atoms with Crippen LogP contribution in [0.1, 0.15) is 22.6 Å². The Morgan fingerprint density at radius 3 is 3.29 bits per heavy atom. The molecule has 1 N–H and O–H groups in total. The smallest absolute Gasteiger partial charge is 0.150 e. The van der Waals surface area contributed by atoms with Crippen molar-refractivity contribution >= 4 is 11.8 Å². The molecule has 1 fully saturated rings. The van der Waals surface area contributed by atoms with Crippen LogP contribution in [-0.4, -0.2) is 28.8 Å². The fourth-order valence-electron chi connectivity index (χ4n) is 2.44. The highest BCUT2D eigenvalue weighted by Crippen LogP contribution is 2.16. The molecule has 17 heavy (non-hydrogen) atoms. The summed E-state index contributed by atoms with van der Waals surface area (Å²) in [5.41, 5.74) is 1.70. The first-order chi connectivity index (χ1) is 8.36. The number of rotatable bonds is 3. The fourth-order valence-corrected chi connectivity index (χ4v) is 2.44. The molecule has 1 atom stereocenters. The Labute approximate surface area is 99.7 Å². The Hall–Kier alpha value is -1.68. The van der Waals surface area contributed by atoms with E-state index >= 15 is 0 Å². The molecule has 1 aliphatic heterocycles. The number of carbonyl (C=O) groups is 1. The first-order valence-electron chi connectivity index (χ1n) is 5.99. The number of pyridine rings is 1. The molecular weight excluding hydrogens is 214 g/mol. The molecule has 4 nitrogen and oxygen atoms in total. The van der Waals surface area contributed by atoms with Crippen LogP contribution in [0.25, 0.3) is 5.52 Å². The first kappa shape index (κ1) is 10.5. The second-order valence-corrected chi connectivity index (χ2v) is 4.61. The molecule has 3 rings (SSSR count). The van der Waals surface area contributed by atoms with E-state index in [-0.39, 0.29) is 0 Å². The molecule has 2 aromatic rings. The molecule has 0 radical (unpaired) electrons. The quantitative estimate of drug-likeness (QED) is 0.807. The normalized spacial score (nSPS) is 19.9. The molecule has 2 aromatic heterocycles. The third kappa shape index (κ3) is 1.96. The number of aldehydes is 1. The summed E-state index contributed by atoms with van der Waals surface area (Å²) < 4.78 is 2.07. The molecule has 3 heterocycles. The summed E-state index contributed by atoms with van der Waals surface area (Å²) in [7, 11) is 0. The highest BCUT2D eigenvalue weighted by atomic mass is 16.1. The minimum atomic E-state index is 0.686. The highest BCUT2D eigenvalue weighted by molar-refractivity contribution is 5.77. The van der Waals surface area contributed by atoms with Crippen molar-refractivity contribution in [2.45, 2.75) is 12.8 Å². The van der Waals surface area contributed by atoms with E-state index in [0.717, 1.165) is 37.1 Å². The molecule has 0 amide bonds. The molecule has 1 aliphatic rings. The van der Waals surface area contributed by atoms with Crippen LogP contribution in [0.5, 0.6) is 0 Å². The van der Waals surface area contributed by atoms with Gasteiger partial charge in [0.25, 0.3) is 0 Å². The van der Waals surface area contributed by atoms with Crippen LogP contribution in [0.15, 0.2) is 24.5 Å². The summed E-state index contributed by atoms with van der Waals surface area (Å²) in [6.45, 7) is 2.20. The second-order valence-electron chi connectivity index (χ2n) is 4.61. The van der Waals surface area contributed by atoms with E-state index in [1.165, 1.54) is 6.42 Å². The molecular formula is C13H15N3O. The zero-order chi connectivity index (χ0) is 11.7. The van der Waals surface area contributed by atoms with E-state index < -0.39 is 0 Å². The van der Waals surface area contributed by atoms with Gasteiger partial charge in [-0.1, -0.05) is 0 Å². The number of imidazole rings is 1. The zero-order valence-electron chi connectivity index (χ0n) is 9.60. The lowest BCUT2D eigenvalue weighted by Gasteiger charge is -2.07. The fraction of sp³-hybridized carbons (Fsp3) is 0.385. The predicted octanol–water partition coefficient (Wildman–Crippen LogP) is 1.30. The van der Waals surface area contributed by atoms with E-state index in [1.54, 1.807) is 0 Å². The summed E-state index contributed by atoms with van der Waals surface area (Å²) in [6.07, 6.45) is 6.87. The van der Waals surface area contributed by atoms with Crippen LogP contribution in [0.3, 0.4) is 0 Å². The van der Waals surface area contributed by atoms with Crippen molar-refractivity contribution in [2.24, 2.45) is 5.92 Å². The van der Waals surface area contributed by atoms with Crippen molar-refractivity contribution in [1.82, 2.24) is 14.7 Å². The van der Waals surface area contributed by atoms with E-state index in [2.05, 4.69) is 14.7 Å². The summed E-state index contributed by atoms with van der Waals surface area (Å²) in [6, 6.07) is 3.70. The lowest BCUT2D eigenvalue weighted by Crippen LogP contribution is -2.12. The Bertz CT molecular complexity index is 541. The van der Waals surface area contributed by atoms with Gasteiger partial charge in [0.1, 0.15) is 12.1 Å². The zero-order valence-corrected chi connectivity index (χ0v) is 9.60. The maximum absolute atomic E-state index is 10.7. The van der Waals surface area contributed by atoms with Gasteiger partial charge in [-0.25, -0.2) is 4.98 Å². The summed E-state index contributed by atoms with van der Waals surface area (Å²) >= 11 is 0. The van der Waals surface area contributed by atoms with Crippen LogP contribution in [0.4, 0.5) is 0 Å². The van der Waals surface area contributed by atoms with E-state index in [0.29, 0.717) is 11.5 Å². The topological polar surface area (TPSA) is 46.4 Å². The van der Waals surface area contributed by atoms with Crippen molar-refractivity contribution in [3.63, 3.8) is 0 Å². The van der Waals surface area contributed by atoms with Gasteiger partial charge in [0.15, 0.2) is 0 Å². The Kier molecular flexibility index (Phi) is 2.65. The number of nitrogens with zero attached hydrogens (tertiary/aromatic N) is 2. The lowest BCUT2D eigenvalue weighted by molar-refractivity contribution is 0.112. The average Bonchev–Trinajstić information content (AvgIpc) is 2.99. The van der Waals surface area contributed by atoms with Gasteiger partial charge >= 0.3 is 0 Å². The van der Waals surface area contributed by atoms with E-state index in [4.69, 9.17) is 0 Å². The van der Waals surface area contributed by atoms with Gasteiger partial charge in [-0.15, -0.1) is 0 Å². The molecule has 0 spiro atoms. The van der Waals surface area contributed by atoms with Crippen molar-refractivity contribution < 1.29 is 4.79 Å². The number of carbonyl (C=O) groups excluding carboxylic acids is 1. The largest absolute Gasteiger partial charge is 0.316 e. The highest BCUT2D eigenvalue weighted by Gasteiger charge is 2.17. The van der Waals surface area contributed by atoms with Crippen molar-refractivity contribution in [1.29, 1.82) is 0 Å². The van der Waals surface area contributed by atoms with Crippen LogP contribution in [-0.2, 0) is 6.42 Å². The molecule has 1 unspecified atom stereocenters. The van der Waals surface area contributed by atoms with Gasteiger partial charge in [0.05, 0.1) is 11.7 Å². The van der Waals surface area contributed by atoms with Crippen LogP contribution >= 0.6 is 0 Å². The third-order valence-corrected chi connectivity index (χ3v) is 3.40. The summed E-state index contributed by atoms with van der Waals surface area (Å²) in [5.74, 6) is 1.78. The lowest BCUT2D eigenvalue weighted by atomic mass is 10.0. The summed E-state index contributed by atoms with van der Waals surface area (Å²) in [5, 5.41) is 3.37. The molecule has 0 aliphatic carbocycles. The molecule has 88 valence electrons. The van der Waals surface area contributed by atoms with Crippen molar-refractivity contribution in [3.8, 4) is 0 Å². The molecule has 0 saturated carbocycles. The number of hydrogen-bond acceptors (Lipinski definition) is 3. The number of hydrogen-bond donors (Lipinski definition) is 1. The molecule has 1 saturated heterocycles. The van der Waals surface area contributed by atoms with E-state index in [1.807, 2.05) is 24.5 Å². The van der Waals surface area contributed by atoms with Crippen LogP contribution in [0, 0.1) is 5.92 Å². The van der Waals surface area contributed by atoms with E-state index in [9.17, 15) is 4.79 Å². The number of fused-ring (bicyclic) bond motifs is 1. The second kappa shape index (κ2) is 4.30. The Morgan fingerprint density at radius 1 is 1.59 bits per heavy atom. The van der Waals surface area contributed by atoms with Gasteiger partial charge < -0.3 is 9.72 Å². The number of nitrogens with one attached hydrogen (secondary N) is 1. The monoisotopic (exact) mass is 229 g/mol. The minimum Gasteiger partial charge on any atom is -0.316 e. The van der Waals surface area contributed by atoms with Crippen molar-refractivity contribution in [2.75, 3.05) is 13.1 Å². The van der Waals surface area contributed by atoms with Gasteiger partial charge in [-0.3, -0.25) is 4.79 Å². The molecule has 0 bridgehead atoms. The first-order valence-corrected chi connectivity index (χ1v) is 5.99. The number of aromatic nitrogens is 2. The van der Waals surface area contributed by atoms with Crippen molar-refractivity contribution in [3.05, 3.63) is 35.9 Å². The minimum absolute atomic E-state index is 0.686. The van der Waals surface area contributed by atoms with Crippen LogP contribution < -0.4 is 5.32 Å².